The van der Waals surface area contributed by atoms with Crippen LogP contribution in [0.4, 0.5) is 15.3 Å². The molecule has 1 unspecified atom stereocenters. The summed E-state index contributed by atoms with van der Waals surface area (Å²) in [5, 5.41) is 1.92. The molecule has 0 aliphatic carbocycles. The monoisotopic (exact) mass is 500 g/mol. The molecule has 1 aromatic rings. The van der Waals surface area contributed by atoms with Crippen LogP contribution < -0.4 is 10.2 Å². The van der Waals surface area contributed by atoms with E-state index in [1.165, 1.54) is 0 Å². The molecule has 3 aliphatic heterocycles. The van der Waals surface area contributed by atoms with E-state index in [0.717, 1.165) is 35.9 Å². The van der Waals surface area contributed by atoms with E-state index < -0.39 is 5.60 Å². The Balaban J connectivity index is 1.37. The van der Waals surface area contributed by atoms with Crippen molar-refractivity contribution in [2.75, 3.05) is 44.2 Å². The van der Waals surface area contributed by atoms with Gasteiger partial charge in [0, 0.05) is 45.0 Å². The molecule has 1 atom stereocenters. The smallest absolute Gasteiger partial charge is 0.410 e. The van der Waals surface area contributed by atoms with Crippen molar-refractivity contribution in [3.05, 3.63) is 34.7 Å². The maximum atomic E-state index is 13.3. The molecule has 4 amide bonds. The summed E-state index contributed by atoms with van der Waals surface area (Å²) >= 11 is 0.902. The van der Waals surface area contributed by atoms with Crippen molar-refractivity contribution in [3.8, 4) is 0 Å². The summed E-state index contributed by atoms with van der Waals surface area (Å²) < 4.78 is 5.49. The van der Waals surface area contributed by atoms with Gasteiger partial charge in [-0.2, -0.15) is 0 Å². The van der Waals surface area contributed by atoms with Gasteiger partial charge in [-0.05, 0) is 63.1 Å². The average molecular weight is 501 g/mol. The Hall–Kier alpha value is -3.01. The van der Waals surface area contributed by atoms with Crippen molar-refractivity contribution in [2.45, 2.75) is 39.2 Å². The maximum absolute atomic E-state index is 13.3. The summed E-state index contributed by atoms with van der Waals surface area (Å²) in [6, 6.07) is 7.75. The Kier molecular flexibility index (Phi) is 7.39. The number of hydrogen-bond donors (Lipinski definition) is 1. The van der Waals surface area contributed by atoms with Crippen LogP contribution in [0.15, 0.2) is 29.2 Å². The summed E-state index contributed by atoms with van der Waals surface area (Å²) in [6.07, 6.45) is 2.94. The molecule has 0 bridgehead atoms. The van der Waals surface area contributed by atoms with Gasteiger partial charge in [0.25, 0.3) is 11.1 Å². The van der Waals surface area contributed by atoms with E-state index >= 15 is 0 Å². The van der Waals surface area contributed by atoms with Crippen LogP contribution in [-0.4, -0.2) is 77.8 Å². The third-order valence-electron chi connectivity index (χ3n) is 6.22. The van der Waals surface area contributed by atoms with Gasteiger partial charge in [0.1, 0.15) is 5.60 Å². The lowest BCUT2D eigenvalue weighted by Crippen LogP contribution is -2.53. The van der Waals surface area contributed by atoms with Gasteiger partial charge in [-0.25, -0.2) is 4.79 Å². The number of anilines is 1. The number of para-hydroxylation sites is 1. The molecular formula is C25H32N4O5S. The first-order chi connectivity index (χ1) is 16.6. The Bertz CT molecular complexity index is 1040. The van der Waals surface area contributed by atoms with E-state index in [1.807, 2.05) is 49.9 Å². The Morgan fingerprint density at radius 3 is 2.43 bits per heavy atom. The zero-order chi connectivity index (χ0) is 25.2. The number of carbonyl (C=O) groups is 4. The first-order valence-electron chi connectivity index (χ1n) is 12.0. The minimum atomic E-state index is -0.563. The SMILES string of the molecule is CC(C)(C)OC(=O)N1CCCC(C(=O)N2CCN(c3ccccc3C=C3SC(=O)NC3=O)CC2)C1. The zero-order valence-electron chi connectivity index (χ0n) is 20.4. The van der Waals surface area contributed by atoms with Crippen LogP contribution in [-0.2, 0) is 14.3 Å². The maximum Gasteiger partial charge on any atom is 0.410 e. The minimum absolute atomic E-state index is 0.0888. The van der Waals surface area contributed by atoms with Gasteiger partial charge < -0.3 is 19.4 Å². The number of ether oxygens (including phenoxy) is 1. The van der Waals surface area contributed by atoms with E-state index in [9.17, 15) is 19.2 Å². The molecule has 0 radical (unpaired) electrons. The molecule has 4 rings (SSSR count). The molecule has 3 heterocycles. The van der Waals surface area contributed by atoms with Gasteiger partial charge >= 0.3 is 6.09 Å². The summed E-state index contributed by atoms with van der Waals surface area (Å²) in [5.74, 6) is -0.501. The van der Waals surface area contributed by atoms with Gasteiger partial charge in [-0.3, -0.25) is 19.7 Å². The van der Waals surface area contributed by atoms with Gasteiger partial charge in [-0.1, -0.05) is 18.2 Å². The molecule has 3 saturated heterocycles. The molecule has 3 fully saturated rings. The van der Waals surface area contributed by atoms with E-state index in [0.29, 0.717) is 44.2 Å². The van der Waals surface area contributed by atoms with Crippen LogP contribution in [0, 0.1) is 5.92 Å². The second-order valence-corrected chi connectivity index (χ2v) is 11.0. The first kappa shape index (κ1) is 25.1. The standard InChI is InChI=1S/C25H32N4O5S/c1-25(2,3)34-24(33)29-10-6-8-18(16-29)22(31)28-13-11-27(12-14-28)19-9-5-4-7-17(19)15-20-21(30)26-23(32)35-20/h4-5,7,9,15,18H,6,8,10-14,16H2,1-3H3,(H,26,30,32). The molecule has 9 nitrogen and oxygen atoms in total. The Morgan fingerprint density at radius 2 is 1.77 bits per heavy atom. The largest absolute Gasteiger partial charge is 0.444 e. The number of thioether (sulfide) groups is 1. The number of carbonyl (C=O) groups excluding carboxylic acids is 4. The number of piperazine rings is 1. The van der Waals surface area contributed by atoms with E-state index in [4.69, 9.17) is 4.74 Å². The Morgan fingerprint density at radius 1 is 1.06 bits per heavy atom. The number of nitrogens with one attached hydrogen (secondary N) is 1. The molecule has 1 N–H and O–H groups in total. The number of likely N-dealkylation sites (tertiary alicyclic amines) is 1. The molecule has 10 heteroatoms. The lowest BCUT2D eigenvalue weighted by Gasteiger charge is -2.40. The predicted octanol–water partition coefficient (Wildman–Crippen LogP) is 3.31. The molecule has 188 valence electrons. The predicted molar refractivity (Wildman–Crippen MR) is 135 cm³/mol. The molecule has 3 aliphatic rings. The number of benzene rings is 1. The van der Waals surface area contributed by atoms with Crippen LogP contribution in [0.3, 0.4) is 0 Å². The minimum Gasteiger partial charge on any atom is -0.444 e. The summed E-state index contributed by atoms with van der Waals surface area (Å²) in [7, 11) is 0. The van der Waals surface area contributed by atoms with Gasteiger partial charge in [0.2, 0.25) is 5.91 Å². The molecule has 1 aromatic carbocycles. The van der Waals surface area contributed by atoms with Crippen molar-refractivity contribution < 1.29 is 23.9 Å². The number of piperidine rings is 1. The number of imide groups is 1. The second-order valence-electron chi connectivity index (χ2n) is 9.99. The van der Waals surface area contributed by atoms with Crippen LogP contribution in [0.5, 0.6) is 0 Å². The highest BCUT2D eigenvalue weighted by atomic mass is 32.2. The second kappa shape index (κ2) is 10.3. The summed E-state index contributed by atoms with van der Waals surface area (Å²) in [5.41, 5.74) is 1.26. The molecule has 0 aromatic heterocycles. The van der Waals surface area contributed by atoms with Crippen LogP contribution in [0.1, 0.15) is 39.2 Å². The lowest BCUT2D eigenvalue weighted by molar-refractivity contribution is -0.137. The quantitative estimate of drug-likeness (QED) is 0.636. The van der Waals surface area contributed by atoms with Gasteiger partial charge in [0.15, 0.2) is 0 Å². The molecule has 35 heavy (non-hydrogen) atoms. The van der Waals surface area contributed by atoms with Crippen molar-refractivity contribution in [3.63, 3.8) is 0 Å². The highest BCUT2D eigenvalue weighted by Gasteiger charge is 2.34. The van der Waals surface area contributed by atoms with Crippen molar-refractivity contribution in [1.82, 2.24) is 15.1 Å². The fraction of sp³-hybridized carbons (Fsp3) is 0.520. The van der Waals surface area contributed by atoms with Gasteiger partial charge in [-0.15, -0.1) is 0 Å². The van der Waals surface area contributed by atoms with E-state index in [1.54, 1.807) is 11.0 Å². The highest BCUT2D eigenvalue weighted by molar-refractivity contribution is 8.18. The third kappa shape index (κ3) is 6.17. The lowest BCUT2D eigenvalue weighted by atomic mass is 9.96. The fourth-order valence-electron chi connectivity index (χ4n) is 4.56. The topological polar surface area (TPSA) is 99.3 Å². The molecular weight excluding hydrogens is 468 g/mol. The van der Waals surface area contributed by atoms with Gasteiger partial charge in [0.05, 0.1) is 10.8 Å². The first-order valence-corrected chi connectivity index (χ1v) is 12.8. The highest BCUT2D eigenvalue weighted by Crippen LogP contribution is 2.30. The number of hydrogen-bond acceptors (Lipinski definition) is 7. The van der Waals surface area contributed by atoms with E-state index in [2.05, 4.69) is 10.2 Å². The van der Waals surface area contributed by atoms with Crippen LogP contribution in [0.25, 0.3) is 6.08 Å². The number of rotatable bonds is 3. The van der Waals surface area contributed by atoms with Crippen molar-refractivity contribution in [1.29, 1.82) is 0 Å². The van der Waals surface area contributed by atoms with Crippen molar-refractivity contribution in [2.24, 2.45) is 5.92 Å². The van der Waals surface area contributed by atoms with Crippen LogP contribution in [0.2, 0.25) is 0 Å². The normalized spacial score (nSPS) is 22.4. The number of amides is 4. The molecule has 0 saturated carbocycles. The fourth-order valence-corrected chi connectivity index (χ4v) is 5.23. The summed E-state index contributed by atoms with van der Waals surface area (Å²) in [4.78, 5) is 55.3. The van der Waals surface area contributed by atoms with Crippen molar-refractivity contribution >= 4 is 46.7 Å². The summed E-state index contributed by atoms with van der Waals surface area (Å²) in [6.45, 7) is 9.01. The zero-order valence-corrected chi connectivity index (χ0v) is 21.2. The average Bonchev–Trinajstić information content (AvgIpc) is 3.14. The van der Waals surface area contributed by atoms with E-state index in [-0.39, 0.29) is 29.1 Å². The Labute approximate surface area is 209 Å². The number of nitrogens with zero attached hydrogens (tertiary/aromatic N) is 3. The molecule has 0 spiro atoms. The third-order valence-corrected chi connectivity index (χ3v) is 7.03. The van der Waals surface area contributed by atoms with Crippen LogP contribution >= 0.6 is 11.8 Å².